The summed E-state index contributed by atoms with van der Waals surface area (Å²) >= 11 is 3.55. The number of ether oxygens (including phenoxy) is 1. The second kappa shape index (κ2) is 7.72. The van der Waals surface area contributed by atoms with Crippen LogP contribution in [0.4, 0.5) is 0 Å². The fourth-order valence-corrected chi connectivity index (χ4v) is 1.96. The van der Waals surface area contributed by atoms with Crippen LogP contribution in [0.15, 0.2) is 22.7 Å². The molecule has 1 aromatic rings. The summed E-state index contributed by atoms with van der Waals surface area (Å²) < 4.78 is 6.66. The first-order chi connectivity index (χ1) is 8.17. The molecule has 1 unspecified atom stereocenters. The molecule has 1 atom stereocenters. The van der Waals surface area contributed by atoms with Gasteiger partial charge in [-0.15, -0.1) is 0 Å². The molecule has 96 valence electrons. The van der Waals surface area contributed by atoms with Gasteiger partial charge in [0.25, 0.3) is 0 Å². The summed E-state index contributed by atoms with van der Waals surface area (Å²) in [5, 5.41) is 3.48. The Morgan fingerprint density at radius 1 is 1.35 bits per heavy atom. The van der Waals surface area contributed by atoms with E-state index in [4.69, 9.17) is 4.74 Å². The molecule has 0 spiro atoms. The molecule has 0 saturated carbocycles. The second-order valence-electron chi connectivity index (χ2n) is 4.30. The molecule has 2 nitrogen and oxygen atoms in total. The van der Waals surface area contributed by atoms with E-state index in [0.717, 1.165) is 36.2 Å². The summed E-state index contributed by atoms with van der Waals surface area (Å²) in [7, 11) is 0. The average molecular weight is 300 g/mol. The number of hydrogen-bond acceptors (Lipinski definition) is 2. The fourth-order valence-electron chi connectivity index (χ4n) is 1.42. The van der Waals surface area contributed by atoms with Crippen LogP contribution in [0, 0.1) is 0 Å². The van der Waals surface area contributed by atoms with Crippen LogP contribution in [0.3, 0.4) is 0 Å². The quantitative estimate of drug-likeness (QED) is 0.817. The molecule has 1 aromatic carbocycles. The Morgan fingerprint density at radius 2 is 2.12 bits per heavy atom. The third kappa shape index (κ3) is 5.09. The van der Waals surface area contributed by atoms with Crippen LogP contribution in [-0.4, -0.2) is 12.6 Å². The number of rotatable bonds is 7. The molecular formula is C14H22BrNO. The third-order valence-electron chi connectivity index (χ3n) is 2.73. The number of halogens is 1. The minimum absolute atomic E-state index is 0.560. The number of hydrogen-bond donors (Lipinski definition) is 1. The van der Waals surface area contributed by atoms with Gasteiger partial charge in [-0.1, -0.05) is 19.9 Å². The van der Waals surface area contributed by atoms with Crippen molar-refractivity contribution in [2.75, 3.05) is 6.61 Å². The van der Waals surface area contributed by atoms with Gasteiger partial charge in [-0.25, -0.2) is 0 Å². The minimum atomic E-state index is 0.560. The van der Waals surface area contributed by atoms with E-state index in [1.165, 1.54) is 5.56 Å². The van der Waals surface area contributed by atoms with Gasteiger partial charge < -0.3 is 10.1 Å². The summed E-state index contributed by atoms with van der Waals surface area (Å²) in [6.07, 6.45) is 2.18. The Bertz CT molecular complexity index is 341. The molecule has 0 aliphatic rings. The van der Waals surface area contributed by atoms with Gasteiger partial charge in [0.15, 0.2) is 0 Å². The molecule has 0 fully saturated rings. The lowest BCUT2D eigenvalue weighted by Crippen LogP contribution is -2.24. The maximum absolute atomic E-state index is 5.62. The molecule has 0 bridgehead atoms. The molecule has 17 heavy (non-hydrogen) atoms. The second-order valence-corrected chi connectivity index (χ2v) is 5.16. The van der Waals surface area contributed by atoms with Gasteiger partial charge in [0.2, 0.25) is 0 Å². The van der Waals surface area contributed by atoms with Crippen molar-refractivity contribution >= 4 is 15.9 Å². The monoisotopic (exact) mass is 299 g/mol. The molecule has 3 heteroatoms. The van der Waals surface area contributed by atoms with Gasteiger partial charge >= 0.3 is 0 Å². The normalized spacial score (nSPS) is 12.5. The highest BCUT2D eigenvalue weighted by molar-refractivity contribution is 9.10. The first-order valence-corrected chi connectivity index (χ1v) is 7.11. The van der Waals surface area contributed by atoms with E-state index >= 15 is 0 Å². The molecule has 0 aliphatic carbocycles. The molecule has 1 N–H and O–H groups in total. The van der Waals surface area contributed by atoms with Gasteiger partial charge in [-0.2, -0.15) is 0 Å². The zero-order chi connectivity index (χ0) is 12.7. The smallest absolute Gasteiger partial charge is 0.133 e. The highest BCUT2D eigenvalue weighted by Crippen LogP contribution is 2.26. The van der Waals surface area contributed by atoms with Crippen LogP contribution >= 0.6 is 15.9 Å². The van der Waals surface area contributed by atoms with Crippen molar-refractivity contribution in [1.29, 1.82) is 0 Å². The minimum Gasteiger partial charge on any atom is -0.492 e. The molecule has 0 aromatic heterocycles. The van der Waals surface area contributed by atoms with Crippen molar-refractivity contribution in [1.82, 2.24) is 5.32 Å². The standard InChI is InChI=1S/C14H22BrNO/c1-4-8-17-14-7-6-12(9-13(14)15)10-16-11(3)5-2/h6-7,9,11,16H,4-5,8,10H2,1-3H3. The van der Waals surface area contributed by atoms with Crippen molar-refractivity contribution < 1.29 is 4.74 Å². The Morgan fingerprint density at radius 3 is 2.71 bits per heavy atom. The zero-order valence-electron chi connectivity index (χ0n) is 10.9. The lowest BCUT2D eigenvalue weighted by Gasteiger charge is -2.12. The van der Waals surface area contributed by atoms with Gasteiger partial charge in [0, 0.05) is 12.6 Å². The highest BCUT2D eigenvalue weighted by atomic mass is 79.9. The van der Waals surface area contributed by atoms with E-state index in [1.54, 1.807) is 0 Å². The van der Waals surface area contributed by atoms with E-state index in [1.807, 2.05) is 6.07 Å². The Kier molecular flexibility index (Phi) is 6.60. The molecular weight excluding hydrogens is 278 g/mol. The summed E-state index contributed by atoms with van der Waals surface area (Å²) in [6.45, 7) is 8.17. The summed E-state index contributed by atoms with van der Waals surface area (Å²) in [5.41, 5.74) is 1.28. The Labute approximate surface area is 113 Å². The number of nitrogens with one attached hydrogen (secondary N) is 1. The van der Waals surface area contributed by atoms with Gasteiger partial charge in [0.1, 0.15) is 5.75 Å². The van der Waals surface area contributed by atoms with E-state index in [0.29, 0.717) is 6.04 Å². The Hall–Kier alpha value is -0.540. The van der Waals surface area contributed by atoms with Gasteiger partial charge in [-0.05, 0) is 53.4 Å². The van der Waals surface area contributed by atoms with Crippen LogP contribution < -0.4 is 10.1 Å². The largest absolute Gasteiger partial charge is 0.492 e. The maximum atomic E-state index is 5.62. The maximum Gasteiger partial charge on any atom is 0.133 e. The summed E-state index contributed by atoms with van der Waals surface area (Å²) in [5.74, 6) is 0.930. The van der Waals surface area contributed by atoms with E-state index in [-0.39, 0.29) is 0 Å². The van der Waals surface area contributed by atoms with Gasteiger partial charge in [-0.3, -0.25) is 0 Å². The topological polar surface area (TPSA) is 21.3 Å². The van der Waals surface area contributed by atoms with Crippen LogP contribution in [0.1, 0.15) is 39.2 Å². The van der Waals surface area contributed by atoms with E-state index in [2.05, 4.69) is 54.2 Å². The average Bonchev–Trinajstić information content (AvgIpc) is 2.34. The van der Waals surface area contributed by atoms with Crippen molar-refractivity contribution in [2.45, 2.75) is 46.2 Å². The lowest BCUT2D eigenvalue weighted by molar-refractivity contribution is 0.315. The molecule has 0 heterocycles. The molecule has 0 saturated heterocycles. The van der Waals surface area contributed by atoms with E-state index < -0.39 is 0 Å². The predicted molar refractivity (Wildman–Crippen MR) is 76.5 cm³/mol. The van der Waals surface area contributed by atoms with Crippen molar-refractivity contribution in [3.63, 3.8) is 0 Å². The SMILES string of the molecule is CCCOc1ccc(CNC(C)CC)cc1Br. The highest BCUT2D eigenvalue weighted by Gasteiger charge is 2.03. The van der Waals surface area contributed by atoms with E-state index in [9.17, 15) is 0 Å². The molecule has 0 aliphatic heterocycles. The molecule has 0 amide bonds. The summed E-state index contributed by atoms with van der Waals surface area (Å²) in [4.78, 5) is 0. The number of benzene rings is 1. The fraction of sp³-hybridized carbons (Fsp3) is 0.571. The first-order valence-electron chi connectivity index (χ1n) is 6.32. The molecule has 0 radical (unpaired) electrons. The van der Waals surface area contributed by atoms with Crippen molar-refractivity contribution in [2.24, 2.45) is 0 Å². The van der Waals surface area contributed by atoms with Gasteiger partial charge in [0.05, 0.1) is 11.1 Å². The first kappa shape index (κ1) is 14.5. The Balaban J connectivity index is 2.55. The molecule has 1 rings (SSSR count). The van der Waals surface area contributed by atoms with Crippen molar-refractivity contribution in [3.05, 3.63) is 28.2 Å². The summed E-state index contributed by atoms with van der Waals surface area (Å²) in [6, 6.07) is 6.84. The van der Waals surface area contributed by atoms with Crippen LogP contribution in [0.25, 0.3) is 0 Å². The van der Waals surface area contributed by atoms with Crippen LogP contribution in [0.5, 0.6) is 5.75 Å². The van der Waals surface area contributed by atoms with Crippen LogP contribution in [-0.2, 0) is 6.54 Å². The predicted octanol–water partition coefficient (Wildman–Crippen LogP) is 4.13. The lowest BCUT2D eigenvalue weighted by atomic mass is 10.2. The zero-order valence-corrected chi connectivity index (χ0v) is 12.5. The third-order valence-corrected chi connectivity index (χ3v) is 3.34. The van der Waals surface area contributed by atoms with Crippen molar-refractivity contribution in [3.8, 4) is 5.75 Å². The van der Waals surface area contributed by atoms with Crippen LogP contribution in [0.2, 0.25) is 0 Å².